The molecule has 14 heavy (non-hydrogen) atoms. The Bertz CT molecular complexity index is 357. The van der Waals surface area contributed by atoms with Crippen LogP contribution in [0.15, 0.2) is 18.2 Å². The van der Waals surface area contributed by atoms with Crippen molar-refractivity contribution in [2.45, 2.75) is 13.0 Å². The topological polar surface area (TPSA) is 85.1 Å². The van der Waals surface area contributed by atoms with E-state index < -0.39 is 0 Å². The molecule has 4 N–H and O–H groups in total. The Labute approximate surface area is 83.1 Å². The van der Waals surface area contributed by atoms with Crippen molar-refractivity contribution in [3.63, 3.8) is 0 Å². The predicted octanol–water partition coefficient (Wildman–Crippen LogP) is 0.866. The van der Waals surface area contributed by atoms with E-state index in [0.717, 1.165) is 0 Å². The van der Waals surface area contributed by atoms with Gasteiger partial charge in [0.15, 0.2) is 0 Å². The van der Waals surface area contributed by atoms with Gasteiger partial charge in [0.25, 0.3) is 0 Å². The van der Waals surface area contributed by atoms with Crippen molar-refractivity contribution in [1.29, 1.82) is 5.26 Å². The number of ether oxygens (including phenoxy) is 1. The lowest BCUT2D eigenvalue weighted by Crippen LogP contribution is -2.23. The largest absolute Gasteiger partial charge is 0.487 e. The Hall–Kier alpha value is -1.73. The second kappa shape index (κ2) is 4.49. The molecule has 1 aromatic carbocycles. The lowest BCUT2D eigenvalue weighted by molar-refractivity contribution is 0.231. The molecule has 0 radical (unpaired) electrons. The maximum atomic E-state index is 8.61. The first kappa shape index (κ1) is 10.4. The summed E-state index contributed by atoms with van der Waals surface area (Å²) in [6.07, 6.45) is -0.0785. The van der Waals surface area contributed by atoms with Crippen LogP contribution >= 0.6 is 0 Å². The average molecular weight is 191 g/mol. The molecule has 4 heteroatoms. The van der Waals surface area contributed by atoms with Gasteiger partial charge >= 0.3 is 0 Å². The van der Waals surface area contributed by atoms with E-state index in [0.29, 0.717) is 23.5 Å². The van der Waals surface area contributed by atoms with E-state index in [1.807, 2.05) is 13.0 Å². The molecule has 0 heterocycles. The summed E-state index contributed by atoms with van der Waals surface area (Å²) in [4.78, 5) is 0. The first-order valence-corrected chi connectivity index (χ1v) is 4.33. The highest BCUT2D eigenvalue weighted by atomic mass is 16.5. The molecular weight excluding hydrogens is 178 g/mol. The Kier molecular flexibility index (Phi) is 3.32. The zero-order valence-corrected chi connectivity index (χ0v) is 8.03. The highest BCUT2D eigenvalue weighted by molar-refractivity contribution is 5.56. The van der Waals surface area contributed by atoms with Crippen LogP contribution in [-0.4, -0.2) is 12.6 Å². The smallest absolute Gasteiger partial charge is 0.142 e. The molecule has 74 valence electrons. The maximum Gasteiger partial charge on any atom is 0.142 e. The standard InChI is InChI=1S/C10H13N3O/c1-7(5-11)14-10-3-2-8(6-12)4-9(10)13/h2-4,7H,5,11,13H2,1H3. The fraction of sp³-hybridized carbons (Fsp3) is 0.300. The van der Waals surface area contributed by atoms with Crippen molar-refractivity contribution in [1.82, 2.24) is 0 Å². The van der Waals surface area contributed by atoms with E-state index in [1.165, 1.54) is 0 Å². The summed E-state index contributed by atoms with van der Waals surface area (Å²) in [7, 11) is 0. The van der Waals surface area contributed by atoms with Crippen LogP contribution in [0.4, 0.5) is 5.69 Å². The van der Waals surface area contributed by atoms with Gasteiger partial charge in [-0.2, -0.15) is 5.26 Å². The zero-order chi connectivity index (χ0) is 10.6. The minimum absolute atomic E-state index is 0.0785. The van der Waals surface area contributed by atoms with E-state index in [1.54, 1.807) is 18.2 Å². The molecule has 1 rings (SSSR count). The fourth-order valence-electron chi connectivity index (χ4n) is 0.990. The Morgan fingerprint density at radius 1 is 1.57 bits per heavy atom. The van der Waals surface area contributed by atoms with Crippen molar-refractivity contribution in [2.75, 3.05) is 12.3 Å². The van der Waals surface area contributed by atoms with Crippen molar-refractivity contribution in [2.24, 2.45) is 5.73 Å². The molecule has 0 aromatic heterocycles. The van der Waals surface area contributed by atoms with Crippen molar-refractivity contribution < 1.29 is 4.74 Å². The molecule has 0 saturated heterocycles. The highest BCUT2D eigenvalue weighted by Gasteiger charge is 2.05. The molecule has 1 aromatic rings. The first-order chi connectivity index (χ1) is 6.67. The first-order valence-electron chi connectivity index (χ1n) is 4.33. The monoisotopic (exact) mass is 191 g/mol. The molecule has 0 aliphatic heterocycles. The van der Waals surface area contributed by atoms with Crippen LogP contribution in [0, 0.1) is 11.3 Å². The van der Waals surface area contributed by atoms with Crippen molar-refractivity contribution >= 4 is 5.69 Å². The van der Waals surface area contributed by atoms with Crippen LogP contribution in [0.25, 0.3) is 0 Å². The summed E-state index contributed by atoms with van der Waals surface area (Å²) in [5, 5.41) is 8.61. The molecule has 1 atom stereocenters. The minimum atomic E-state index is -0.0785. The molecule has 1 unspecified atom stereocenters. The number of benzene rings is 1. The normalized spacial score (nSPS) is 11.8. The summed E-state index contributed by atoms with van der Waals surface area (Å²) >= 11 is 0. The molecule has 0 fully saturated rings. The van der Waals surface area contributed by atoms with Crippen LogP contribution in [0.3, 0.4) is 0 Å². The molecular formula is C10H13N3O. The predicted molar refractivity (Wildman–Crippen MR) is 54.7 cm³/mol. The van der Waals surface area contributed by atoms with Crippen molar-refractivity contribution in [3.05, 3.63) is 23.8 Å². The maximum absolute atomic E-state index is 8.61. The third-order valence-electron chi connectivity index (χ3n) is 1.80. The SMILES string of the molecule is CC(CN)Oc1ccc(C#N)cc1N. The number of nitrogens with zero attached hydrogens (tertiary/aromatic N) is 1. The molecule has 4 nitrogen and oxygen atoms in total. The Morgan fingerprint density at radius 3 is 2.79 bits per heavy atom. The number of hydrogen-bond acceptors (Lipinski definition) is 4. The van der Waals surface area contributed by atoms with E-state index in [2.05, 4.69) is 0 Å². The molecule has 0 amide bonds. The van der Waals surface area contributed by atoms with E-state index in [4.69, 9.17) is 21.5 Å². The second-order valence-corrected chi connectivity index (χ2v) is 3.03. The van der Waals surface area contributed by atoms with Crippen molar-refractivity contribution in [3.8, 4) is 11.8 Å². The van der Waals surface area contributed by atoms with Crippen LogP contribution in [-0.2, 0) is 0 Å². The van der Waals surface area contributed by atoms with Crippen LogP contribution < -0.4 is 16.2 Å². The van der Waals surface area contributed by atoms with Gasteiger partial charge in [-0.05, 0) is 25.1 Å². The summed E-state index contributed by atoms with van der Waals surface area (Å²) in [6.45, 7) is 2.29. The van der Waals surface area contributed by atoms with Crippen LogP contribution in [0.2, 0.25) is 0 Å². The number of nitrogen functional groups attached to an aromatic ring is 1. The molecule has 0 aliphatic carbocycles. The van der Waals surface area contributed by atoms with Gasteiger partial charge in [0.2, 0.25) is 0 Å². The number of anilines is 1. The Balaban J connectivity index is 2.85. The van der Waals surface area contributed by atoms with Gasteiger partial charge in [-0.1, -0.05) is 0 Å². The number of hydrogen-bond donors (Lipinski definition) is 2. The lowest BCUT2D eigenvalue weighted by Gasteiger charge is -2.13. The van der Waals surface area contributed by atoms with Crippen LogP contribution in [0.1, 0.15) is 12.5 Å². The third kappa shape index (κ3) is 2.38. The summed E-state index contributed by atoms with van der Waals surface area (Å²) in [5.74, 6) is 0.571. The molecule has 0 saturated carbocycles. The van der Waals surface area contributed by atoms with Gasteiger partial charge < -0.3 is 16.2 Å². The van der Waals surface area contributed by atoms with E-state index >= 15 is 0 Å². The highest BCUT2D eigenvalue weighted by Crippen LogP contribution is 2.23. The quantitative estimate of drug-likeness (QED) is 0.694. The van der Waals surface area contributed by atoms with E-state index in [-0.39, 0.29) is 6.10 Å². The summed E-state index contributed by atoms with van der Waals surface area (Å²) < 4.78 is 5.43. The molecule has 0 spiro atoms. The fourth-order valence-corrected chi connectivity index (χ4v) is 0.990. The lowest BCUT2D eigenvalue weighted by atomic mass is 10.2. The minimum Gasteiger partial charge on any atom is -0.487 e. The average Bonchev–Trinajstić information content (AvgIpc) is 2.20. The van der Waals surface area contributed by atoms with Gasteiger partial charge in [0.1, 0.15) is 11.9 Å². The van der Waals surface area contributed by atoms with Gasteiger partial charge in [-0.3, -0.25) is 0 Å². The number of nitrogens with two attached hydrogens (primary N) is 2. The molecule has 0 aliphatic rings. The van der Waals surface area contributed by atoms with Gasteiger partial charge in [0, 0.05) is 6.54 Å². The zero-order valence-electron chi connectivity index (χ0n) is 8.03. The number of nitriles is 1. The van der Waals surface area contributed by atoms with Crippen LogP contribution in [0.5, 0.6) is 5.75 Å². The molecule has 0 bridgehead atoms. The third-order valence-corrected chi connectivity index (χ3v) is 1.80. The van der Waals surface area contributed by atoms with E-state index in [9.17, 15) is 0 Å². The van der Waals surface area contributed by atoms with Gasteiger partial charge in [0.05, 0.1) is 17.3 Å². The van der Waals surface area contributed by atoms with Gasteiger partial charge in [-0.15, -0.1) is 0 Å². The Morgan fingerprint density at radius 2 is 2.29 bits per heavy atom. The number of rotatable bonds is 3. The summed E-state index contributed by atoms with van der Waals surface area (Å²) in [6, 6.07) is 6.93. The van der Waals surface area contributed by atoms with Gasteiger partial charge in [-0.25, -0.2) is 0 Å². The summed E-state index contributed by atoms with van der Waals surface area (Å²) in [5.41, 5.74) is 12.1. The second-order valence-electron chi connectivity index (χ2n) is 3.03.